The molecule has 1 rings (SSSR count). The van der Waals surface area contributed by atoms with Gasteiger partial charge in [-0.2, -0.15) is 0 Å². The van der Waals surface area contributed by atoms with Crippen molar-refractivity contribution in [1.82, 2.24) is 10.6 Å². The molecule has 0 aliphatic heterocycles. The number of benzene rings is 1. The zero-order valence-corrected chi connectivity index (χ0v) is 11.5. The van der Waals surface area contributed by atoms with E-state index in [-0.39, 0.29) is 5.91 Å². The predicted octanol–water partition coefficient (Wildman–Crippen LogP) is 1.61. The second-order valence-electron chi connectivity index (χ2n) is 3.98. The largest absolute Gasteiger partial charge is 0.383 e. The van der Waals surface area contributed by atoms with Crippen LogP contribution in [0.25, 0.3) is 0 Å². The van der Waals surface area contributed by atoms with E-state index in [1.54, 1.807) is 19.2 Å². The van der Waals surface area contributed by atoms with Crippen molar-refractivity contribution >= 4 is 17.5 Å². The molecule has 0 bridgehead atoms. The number of methoxy groups -OCH3 is 1. The van der Waals surface area contributed by atoms with E-state index in [1.807, 2.05) is 13.0 Å². The van der Waals surface area contributed by atoms with Gasteiger partial charge in [0, 0.05) is 26.7 Å². The molecule has 0 aliphatic rings. The summed E-state index contributed by atoms with van der Waals surface area (Å²) in [6.45, 7) is 4.65. The van der Waals surface area contributed by atoms with Crippen molar-refractivity contribution in [2.24, 2.45) is 0 Å². The van der Waals surface area contributed by atoms with Gasteiger partial charge in [-0.15, -0.1) is 0 Å². The van der Waals surface area contributed by atoms with Gasteiger partial charge in [0.25, 0.3) is 5.91 Å². The number of amides is 1. The van der Waals surface area contributed by atoms with Crippen molar-refractivity contribution in [3.8, 4) is 0 Å². The molecule has 0 fully saturated rings. The molecule has 2 N–H and O–H groups in total. The number of rotatable bonds is 7. The van der Waals surface area contributed by atoms with Crippen LogP contribution in [0.4, 0.5) is 0 Å². The van der Waals surface area contributed by atoms with E-state index in [1.165, 1.54) is 0 Å². The van der Waals surface area contributed by atoms with Crippen molar-refractivity contribution < 1.29 is 9.53 Å². The first-order chi connectivity index (χ1) is 8.65. The third kappa shape index (κ3) is 5.04. The number of halogens is 1. The monoisotopic (exact) mass is 270 g/mol. The Bertz CT molecular complexity index is 397. The Morgan fingerprint density at radius 2 is 2.11 bits per heavy atom. The summed E-state index contributed by atoms with van der Waals surface area (Å²) >= 11 is 6.01. The summed E-state index contributed by atoms with van der Waals surface area (Å²) in [6.07, 6.45) is 0. The predicted molar refractivity (Wildman–Crippen MR) is 73.3 cm³/mol. The average Bonchev–Trinajstić information content (AvgIpc) is 2.33. The topological polar surface area (TPSA) is 50.4 Å². The van der Waals surface area contributed by atoms with Crippen molar-refractivity contribution in [3.63, 3.8) is 0 Å². The molecule has 0 saturated carbocycles. The molecule has 0 radical (unpaired) electrons. The minimum Gasteiger partial charge on any atom is -0.383 e. The fourth-order valence-electron chi connectivity index (χ4n) is 1.46. The summed E-state index contributed by atoms with van der Waals surface area (Å²) in [5, 5.41) is 6.44. The summed E-state index contributed by atoms with van der Waals surface area (Å²) < 4.78 is 4.90. The number of hydrogen-bond acceptors (Lipinski definition) is 3. The van der Waals surface area contributed by atoms with Gasteiger partial charge in [0.2, 0.25) is 0 Å². The number of hydrogen-bond donors (Lipinski definition) is 2. The lowest BCUT2D eigenvalue weighted by Crippen LogP contribution is -2.33. The fraction of sp³-hybridized carbons (Fsp3) is 0.462. The molecular formula is C13H19ClN2O2. The lowest BCUT2D eigenvalue weighted by molar-refractivity contribution is 0.0954. The van der Waals surface area contributed by atoms with E-state index in [4.69, 9.17) is 16.3 Å². The normalized spacial score (nSPS) is 10.4. The van der Waals surface area contributed by atoms with Crippen LogP contribution in [-0.4, -0.2) is 39.3 Å². The lowest BCUT2D eigenvalue weighted by Gasteiger charge is -2.08. The van der Waals surface area contributed by atoms with Crippen molar-refractivity contribution in [1.29, 1.82) is 0 Å². The van der Waals surface area contributed by atoms with Gasteiger partial charge < -0.3 is 15.4 Å². The molecule has 1 aromatic rings. The molecular weight excluding hydrogens is 252 g/mol. The number of nitrogens with one attached hydrogen (secondary N) is 2. The molecule has 18 heavy (non-hydrogen) atoms. The first-order valence-electron chi connectivity index (χ1n) is 5.89. The van der Waals surface area contributed by atoms with E-state index >= 15 is 0 Å². The van der Waals surface area contributed by atoms with Crippen molar-refractivity contribution in [3.05, 3.63) is 34.3 Å². The molecule has 0 atom stereocenters. The maximum absolute atomic E-state index is 11.8. The van der Waals surface area contributed by atoms with E-state index in [2.05, 4.69) is 10.6 Å². The second-order valence-corrected chi connectivity index (χ2v) is 4.39. The minimum absolute atomic E-state index is 0.145. The number of aryl methyl sites for hydroxylation is 1. The molecule has 0 aromatic heterocycles. The first-order valence-corrected chi connectivity index (χ1v) is 6.27. The van der Waals surface area contributed by atoms with Gasteiger partial charge in [-0.05, 0) is 24.6 Å². The lowest BCUT2D eigenvalue weighted by atomic mass is 10.1. The minimum atomic E-state index is -0.145. The van der Waals surface area contributed by atoms with Crippen LogP contribution in [-0.2, 0) is 4.74 Å². The van der Waals surface area contributed by atoms with Crippen LogP contribution < -0.4 is 10.6 Å². The van der Waals surface area contributed by atoms with Crippen LogP contribution in [0.3, 0.4) is 0 Å². The highest BCUT2D eigenvalue weighted by Gasteiger charge is 2.09. The molecule has 0 aliphatic carbocycles. The zero-order valence-electron chi connectivity index (χ0n) is 10.8. The Labute approximate surface area is 113 Å². The summed E-state index contributed by atoms with van der Waals surface area (Å²) in [5.74, 6) is -0.145. The molecule has 1 aromatic carbocycles. The van der Waals surface area contributed by atoms with Gasteiger partial charge in [0.1, 0.15) is 0 Å². The highest BCUT2D eigenvalue weighted by atomic mass is 35.5. The van der Waals surface area contributed by atoms with Crippen LogP contribution >= 0.6 is 11.6 Å². The number of ether oxygens (including phenoxy) is 1. The van der Waals surface area contributed by atoms with E-state index in [9.17, 15) is 4.79 Å². The molecule has 1 amide bonds. The van der Waals surface area contributed by atoms with Crippen LogP contribution in [0.2, 0.25) is 5.02 Å². The van der Waals surface area contributed by atoms with Crippen LogP contribution in [0, 0.1) is 6.92 Å². The highest BCUT2D eigenvalue weighted by Crippen LogP contribution is 2.17. The molecule has 0 heterocycles. The molecule has 0 unspecified atom stereocenters. The summed E-state index contributed by atoms with van der Waals surface area (Å²) in [7, 11) is 1.66. The van der Waals surface area contributed by atoms with Gasteiger partial charge in [-0.25, -0.2) is 0 Å². The Kier molecular flexibility index (Phi) is 6.72. The first kappa shape index (κ1) is 15.0. The summed E-state index contributed by atoms with van der Waals surface area (Å²) in [4.78, 5) is 11.8. The summed E-state index contributed by atoms with van der Waals surface area (Å²) in [6, 6.07) is 5.40. The van der Waals surface area contributed by atoms with Crippen LogP contribution in [0.1, 0.15) is 15.9 Å². The average molecular weight is 271 g/mol. The van der Waals surface area contributed by atoms with Gasteiger partial charge in [-0.3, -0.25) is 4.79 Å². The second kappa shape index (κ2) is 8.08. The van der Waals surface area contributed by atoms with Gasteiger partial charge in [0.15, 0.2) is 0 Å². The quantitative estimate of drug-likeness (QED) is 0.740. The maximum atomic E-state index is 11.8. The molecule has 0 spiro atoms. The third-order valence-corrected chi connectivity index (χ3v) is 2.75. The summed E-state index contributed by atoms with van der Waals surface area (Å²) in [5.41, 5.74) is 1.55. The standard InChI is InChI=1S/C13H19ClN2O2/c1-10-3-4-11(12(14)9-10)13(17)16-6-5-15-7-8-18-2/h3-4,9,15H,5-8H2,1-2H3,(H,16,17). The van der Waals surface area contributed by atoms with E-state index < -0.39 is 0 Å². The molecule has 4 nitrogen and oxygen atoms in total. The molecule has 5 heteroatoms. The van der Waals surface area contributed by atoms with Gasteiger partial charge in [-0.1, -0.05) is 17.7 Å². The number of carbonyl (C=O) groups is 1. The SMILES string of the molecule is COCCNCCNC(=O)c1ccc(C)cc1Cl. The molecule has 0 saturated heterocycles. The fourth-order valence-corrected chi connectivity index (χ4v) is 1.78. The third-order valence-electron chi connectivity index (χ3n) is 2.44. The highest BCUT2D eigenvalue weighted by molar-refractivity contribution is 6.33. The Morgan fingerprint density at radius 1 is 1.33 bits per heavy atom. The molecule has 100 valence electrons. The van der Waals surface area contributed by atoms with Gasteiger partial charge in [0.05, 0.1) is 17.2 Å². The van der Waals surface area contributed by atoms with Crippen molar-refractivity contribution in [2.75, 3.05) is 33.4 Å². The smallest absolute Gasteiger partial charge is 0.252 e. The van der Waals surface area contributed by atoms with Gasteiger partial charge >= 0.3 is 0 Å². The van der Waals surface area contributed by atoms with Crippen molar-refractivity contribution in [2.45, 2.75) is 6.92 Å². The Balaban J connectivity index is 2.32. The zero-order chi connectivity index (χ0) is 13.4. The Hall–Kier alpha value is -1.10. The van der Waals surface area contributed by atoms with Crippen LogP contribution in [0.15, 0.2) is 18.2 Å². The Morgan fingerprint density at radius 3 is 2.78 bits per heavy atom. The number of carbonyl (C=O) groups excluding carboxylic acids is 1. The van der Waals surface area contributed by atoms with E-state index in [0.717, 1.165) is 12.1 Å². The maximum Gasteiger partial charge on any atom is 0.252 e. The van der Waals surface area contributed by atoms with E-state index in [0.29, 0.717) is 30.3 Å². The van der Waals surface area contributed by atoms with Crippen LogP contribution in [0.5, 0.6) is 0 Å².